The summed E-state index contributed by atoms with van der Waals surface area (Å²) in [6.45, 7) is 9.06. The first kappa shape index (κ1) is 61.8. The van der Waals surface area contributed by atoms with Crippen molar-refractivity contribution in [3.63, 3.8) is 0 Å². The van der Waals surface area contributed by atoms with Gasteiger partial charge in [-0.1, -0.05) is 127 Å². The molecule has 2 saturated carbocycles. The second-order valence-corrected chi connectivity index (χ2v) is 24.7. The highest BCUT2D eigenvalue weighted by molar-refractivity contribution is 8.77. The van der Waals surface area contributed by atoms with Crippen LogP contribution in [0.4, 0.5) is 0 Å². The van der Waals surface area contributed by atoms with E-state index in [0.717, 1.165) is 18.1 Å². The minimum atomic E-state index is -2.29. The zero-order valence-corrected chi connectivity index (χ0v) is 48.0. The van der Waals surface area contributed by atoms with E-state index in [1.165, 1.54) is 44.6 Å². The second-order valence-electron chi connectivity index (χ2n) is 21.6. The topological polar surface area (TPSA) is 265 Å². The number of aliphatic carboxylic acids is 1. The number of benzene rings is 3. The molecule has 80 heavy (non-hydrogen) atoms. The van der Waals surface area contributed by atoms with Gasteiger partial charge in [-0.15, -0.1) is 0 Å². The number of esters is 5. The van der Waals surface area contributed by atoms with Crippen molar-refractivity contribution in [2.45, 2.75) is 152 Å². The van der Waals surface area contributed by atoms with Crippen molar-refractivity contribution in [2.75, 3.05) is 18.4 Å². The smallest absolute Gasteiger partial charge is 0.350 e. The molecule has 2 bridgehead atoms. The Balaban J connectivity index is 0.000000682. The number of rotatable bonds is 19. The predicted molar refractivity (Wildman–Crippen MR) is 296 cm³/mol. The number of aliphatic hydroxyl groups is 2. The molecule has 1 amide bonds. The largest absolute Gasteiger partial charge is 0.481 e. The molecule has 5 aliphatic rings. The van der Waals surface area contributed by atoms with Crippen molar-refractivity contribution in [2.24, 2.45) is 22.7 Å². The summed E-state index contributed by atoms with van der Waals surface area (Å²) in [6, 6.07) is 22.4. The van der Waals surface area contributed by atoms with Crippen molar-refractivity contribution in [1.29, 1.82) is 0 Å². The van der Waals surface area contributed by atoms with E-state index in [1.54, 1.807) is 107 Å². The molecule has 3 aromatic carbocycles. The lowest BCUT2D eigenvalue weighted by atomic mass is 9.43. The van der Waals surface area contributed by atoms with E-state index >= 15 is 9.59 Å². The summed E-state index contributed by atoms with van der Waals surface area (Å²) in [5.74, 6) is -7.75. The molecule has 432 valence electrons. The van der Waals surface area contributed by atoms with Gasteiger partial charge in [0.25, 0.3) is 5.91 Å². The maximum Gasteiger partial charge on any atom is 0.350 e. The molecule has 0 aromatic heterocycles. The number of alkyl halides is 1. The second kappa shape index (κ2) is 26.4. The molecule has 3 aromatic rings. The van der Waals surface area contributed by atoms with Crippen LogP contribution in [0.5, 0.6) is 0 Å². The molecular weight excluding hydrogens is 1090 g/mol. The number of ketones is 1. The number of halogens is 1. The first-order valence-corrected chi connectivity index (χ1v) is 29.7. The lowest BCUT2D eigenvalue weighted by molar-refractivity contribution is -0.345. The van der Waals surface area contributed by atoms with Crippen LogP contribution in [0.1, 0.15) is 132 Å². The number of carboxylic acids is 1. The van der Waals surface area contributed by atoms with E-state index in [0.29, 0.717) is 23.1 Å². The highest BCUT2D eigenvalue weighted by atomic mass is 35.5. The maximum atomic E-state index is 15.4. The van der Waals surface area contributed by atoms with Gasteiger partial charge in [-0.05, 0) is 74.1 Å². The molecule has 21 heteroatoms. The third-order valence-electron chi connectivity index (χ3n) is 16.4. The third kappa shape index (κ3) is 13.1. The van der Waals surface area contributed by atoms with Crippen LogP contribution in [-0.4, -0.2) is 128 Å². The number of fused-ring (bicyclic) bond motifs is 5. The quantitative estimate of drug-likeness (QED) is 0.0220. The number of carboxylic acid groups (broad SMARTS) is 1. The third-order valence-corrected chi connectivity index (χ3v) is 19.5. The van der Waals surface area contributed by atoms with E-state index in [-0.39, 0.29) is 24.2 Å². The van der Waals surface area contributed by atoms with E-state index in [1.807, 2.05) is 21.6 Å². The van der Waals surface area contributed by atoms with E-state index in [2.05, 4.69) is 5.32 Å². The Labute approximate surface area is 478 Å². The van der Waals surface area contributed by atoms with Gasteiger partial charge in [0.15, 0.2) is 11.7 Å². The van der Waals surface area contributed by atoms with Crippen molar-refractivity contribution in [3.05, 3.63) is 119 Å². The number of carbonyl (C=O) groups is 8. The number of hydrogen-bond donors (Lipinski definition) is 4. The molecule has 18 nitrogen and oxygen atoms in total. The maximum absolute atomic E-state index is 15.4. The summed E-state index contributed by atoms with van der Waals surface area (Å²) >= 11 is 5.54. The average molecular weight is 1160 g/mol. The van der Waals surface area contributed by atoms with Crippen LogP contribution in [0.3, 0.4) is 0 Å². The summed E-state index contributed by atoms with van der Waals surface area (Å²) in [7, 11) is 3.92. The Morgan fingerprint density at radius 2 is 1.49 bits per heavy atom. The summed E-state index contributed by atoms with van der Waals surface area (Å²) in [5, 5.41) is 37.9. The van der Waals surface area contributed by atoms with Crippen molar-refractivity contribution in [1.82, 2.24) is 5.32 Å². The molecule has 12 atom stereocenters. The molecule has 2 heterocycles. The molecule has 3 aliphatic carbocycles. The van der Waals surface area contributed by atoms with E-state index in [9.17, 15) is 39.0 Å². The van der Waals surface area contributed by atoms with Crippen LogP contribution < -0.4 is 5.32 Å². The molecule has 2 unspecified atom stereocenters. The Kier molecular flexibility index (Phi) is 20.4. The Bertz CT molecular complexity index is 2780. The molecule has 8 rings (SSSR count). The van der Waals surface area contributed by atoms with Crippen molar-refractivity contribution >= 4 is 80.7 Å². The number of hydrogen-bond acceptors (Lipinski definition) is 18. The fourth-order valence-corrected chi connectivity index (χ4v) is 15.4. The highest BCUT2D eigenvalue weighted by Crippen LogP contribution is 2.65. The fraction of sp³-hybridized carbons (Fsp3) is 0.525. The number of unbranched alkanes of at least 4 members (excludes halogenated alkanes) is 1. The number of ether oxygens (including phenoxy) is 6. The molecule has 0 spiro atoms. The van der Waals surface area contributed by atoms with Crippen LogP contribution in [0, 0.1) is 22.7 Å². The minimum Gasteiger partial charge on any atom is -0.481 e. The number of Topliss-reactive ketones (excluding diaryl/α,β-unsaturated/α-hetero) is 1. The van der Waals surface area contributed by atoms with Gasteiger partial charge in [-0.2, -0.15) is 0 Å². The highest BCUT2D eigenvalue weighted by Gasteiger charge is 2.77. The van der Waals surface area contributed by atoms with Crippen LogP contribution in [-0.2, 0) is 57.2 Å². The Hall–Kier alpha value is -5.77. The van der Waals surface area contributed by atoms with Crippen LogP contribution in [0.2, 0.25) is 0 Å². The fourth-order valence-electron chi connectivity index (χ4n) is 12.3. The summed E-state index contributed by atoms with van der Waals surface area (Å²) < 4.78 is 35.5. The van der Waals surface area contributed by atoms with Gasteiger partial charge in [0.05, 0.1) is 42.4 Å². The van der Waals surface area contributed by atoms with E-state index < -0.39 is 143 Å². The standard InChI is InChI=1S/C51H56ClNO15.C8H14O2S2/c1-28-34(65-47(61)41(66-38(57)23-22-37(56)64-27-52)40(31-16-10-7-11-17-31)53-45(59)32-18-12-8-13-19-32)25-51(62)44(67-46(60)33-20-14-9-15-21-33)42-49(6,43(58)29(2)39(28)48(51,4)5)35(55)24-36-50(42,26-63-36)68-30(3)54;9-8(10)4-2-1-3-7-5-6-11-12-7/h7-21,29,34-36,40-42,44,55,62H,22-27H2,1-6H3,(H,53,59);7H,1-6H2,(H,9,10)/t29-,34+,35+,36?,40+,41-,42+,44+,49-,50+,51-;/m1./s1. The molecule has 2 saturated heterocycles. The lowest BCUT2D eigenvalue weighted by Crippen LogP contribution is -2.81. The number of carbonyl (C=O) groups excluding carboxylic acids is 7. The van der Waals surface area contributed by atoms with Crippen molar-refractivity contribution < 1.29 is 82.1 Å². The Morgan fingerprint density at radius 3 is 2.06 bits per heavy atom. The predicted octanol–water partition coefficient (Wildman–Crippen LogP) is 8.30. The van der Waals surface area contributed by atoms with Gasteiger partial charge in [0.2, 0.25) is 6.10 Å². The summed E-state index contributed by atoms with van der Waals surface area (Å²) in [6.07, 6.45) is -4.39. The number of amides is 1. The Morgan fingerprint density at radius 1 is 0.863 bits per heavy atom. The van der Waals surface area contributed by atoms with Crippen molar-refractivity contribution in [3.8, 4) is 0 Å². The SMILES string of the molecule is CC(=O)O[C@@]12COC1C[C@H](O)[C@@]1(C)C(=O)[C@H](C)C3=C(C)[C@@H](OC(=O)[C@H](OC(=O)CCC(=O)OCCl)[C@@H](NC(=O)c4ccccc4)c4ccccc4)C[C@@](O)([C@@H](OC(=O)c4ccccc4)[C@@H]12)C3(C)C.O=C(O)CCCCC1CCSS1. The van der Waals surface area contributed by atoms with Gasteiger partial charge in [0.1, 0.15) is 35.7 Å². The summed E-state index contributed by atoms with van der Waals surface area (Å²) in [4.78, 5) is 108. The van der Waals surface area contributed by atoms with Crippen LogP contribution in [0.15, 0.2) is 102 Å². The molecular formula is C59H70ClNO17S2. The van der Waals surface area contributed by atoms with Crippen LogP contribution >= 0.6 is 33.2 Å². The van der Waals surface area contributed by atoms with Gasteiger partial charge in [0, 0.05) is 54.1 Å². The normalized spacial score (nSPS) is 28.9. The van der Waals surface area contributed by atoms with E-state index in [4.69, 9.17) is 45.1 Å². The molecule has 4 N–H and O–H groups in total. The number of aliphatic hydroxyl groups excluding tert-OH is 1. The molecule has 2 aliphatic heterocycles. The lowest BCUT2D eigenvalue weighted by Gasteiger charge is -2.67. The van der Waals surface area contributed by atoms with Gasteiger partial charge >= 0.3 is 35.8 Å². The monoisotopic (exact) mass is 1160 g/mol. The first-order valence-electron chi connectivity index (χ1n) is 26.8. The average Bonchev–Trinajstić information content (AvgIpc) is 4.07. The van der Waals surface area contributed by atoms with Crippen LogP contribution in [0.25, 0.3) is 0 Å². The molecule has 0 radical (unpaired) electrons. The minimum absolute atomic E-state index is 0.0903. The first-order chi connectivity index (χ1) is 38.0. The zero-order chi connectivity index (χ0) is 58.2. The molecule has 4 fully saturated rings. The summed E-state index contributed by atoms with van der Waals surface area (Å²) in [5.41, 5.74) is -5.99. The van der Waals surface area contributed by atoms with Gasteiger partial charge < -0.3 is 49.1 Å². The zero-order valence-electron chi connectivity index (χ0n) is 45.6. The number of nitrogens with one attached hydrogen (secondary N) is 1. The van der Waals surface area contributed by atoms with Gasteiger partial charge in [-0.25, -0.2) is 9.59 Å². The van der Waals surface area contributed by atoms with Gasteiger partial charge in [-0.3, -0.25) is 28.8 Å².